The standard InChI is InChI=1S/C25H23N5O/c1-17-11-12-30-16-23(28-24(30)13-17)15-26-14-19-3-5-20(6-4-19)21-7-9-22(10-8-21)25-27-18(2)31-29-25/h3-13,16,26H,14-15H2,1-2H3. The molecule has 0 unspecified atom stereocenters. The van der Waals surface area contributed by atoms with Gasteiger partial charge < -0.3 is 14.2 Å². The number of pyridine rings is 1. The third kappa shape index (κ3) is 4.25. The van der Waals surface area contributed by atoms with Gasteiger partial charge in [0.15, 0.2) is 0 Å². The van der Waals surface area contributed by atoms with Gasteiger partial charge in [0.05, 0.1) is 5.69 Å². The second-order valence-corrected chi connectivity index (χ2v) is 7.72. The first kappa shape index (κ1) is 19.2. The van der Waals surface area contributed by atoms with E-state index in [4.69, 9.17) is 4.52 Å². The molecule has 0 aliphatic heterocycles. The van der Waals surface area contributed by atoms with Crippen molar-refractivity contribution >= 4 is 5.65 Å². The molecule has 3 heterocycles. The summed E-state index contributed by atoms with van der Waals surface area (Å²) in [6.07, 6.45) is 4.13. The van der Waals surface area contributed by atoms with E-state index in [1.54, 1.807) is 6.92 Å². The highest BCUT2D eigenvalue weighted by atomic mass is 16.5. The maximum absolute atomic E-state index is 5.06. The van der Waals surface area contributed by atoms with Crippen LogP contribution in [0.2, 0.25) is 0 Å². The molecule has 3 aromatic heterocycles. The lowest BCUT2D eigenvalue weighted by Gasteiger charge is -2.06. The number of hydrogen-bond acceptors (Lipinski definition) is 5. The van der Waals surface area contributed by atoms with E-state index in [0.717, 1.165) is 35.6 Å². The molecule has 154 valence electrons. The second kappa shape index (κ2) is 8.16. The predicted molar refractivity (Wildman–Crippen MR) is 120 cm³/mol. The van der Waals surface area contributed by atoms with Crippen LogP contribution >= 0.6 is 0 Å². The lowest BCUT2D eigenvalue weighted by Crippen LogP contribution is -2.12. The monoisotopic (exact) mass is 409 g/mol. The average Bonchev–Trinajstić information content (AvgIpc) is 3.40. The Labute approximate surface area is 180 Å². The van der Waals surface area contributed by atoms with E-state index in [-0.39, 0.29) is 0 Å². The minimum Gasteiger partial charge on any atom is -0.339 e. The molecule has 0 bridgehead atoms. The van der Waals surface area contributed by atoms with Crippen molar-refractivity contribution in [2.45, 2.75) is 26.9 Å². The molecule has 31 heavy (non-hydrogen) atoms. The number of benzene rings is 2. The zero-order chi connectivity index (χ0) is 21.2. The number of fused-ring (bicyclic) bond motifs is 1. The van der Waals surface area contributed by atoms with Gasteiger partial charge in [-0.1, -0.05) is 53.7 Å². The van der Waals surface area contributed by atoms with E-state index < -0.39 is 0 Å². The lowest BCUT2D eigenvalue weighted by atomic mass is 10.0. The number of aryl methyl sites for hydroxylation is 2. The molecule has 1 N–H and O–H groups in total. The Morgan fingerprint density at radius 2 is 1.55 bits per heavy atom. The highest BCUT2D eigenvalue weighted by Gasteiger charge is 2.06. The lowest BCUT2D eigenvalue weighted by molar-refractivity contribution is 0.394. The van der Waals surface area contributed by atoms with Crippen LogP contribution in [-0.2, 0) is 13.1 Å². The minimum atomic E-state index is 0.569. The van der Waals surface area contributed by atoms with Gasteiger partial charge in [0.2, 0.25) is 11.7 Å². The van der Waals surface area contributed by atoms with Crippen LogP contribution in [0.1, 0.15) is 22.7 Å². The summed E-state index contributed by atoms with van der Waals surface area (Å²) in [6, 6.07) is 21.0. The van der Waals surface area contributed by atoms with Crippen molar-refractivity contribution in [2.24, 2.45) is 0 Å². The highest BCUT2D eigenvalue weighted by Crippen LogP contribution is 2.24. The molecule has 2 aromatic carbocycles. The number of nitrogens with zero attached hydrogens (tertiary/aromatic N) is 4. The number of rotatable bonds is 6. The number of nitrogens with one attached hydrogen (secondary N) is 1. The minimum absolute atomic E-state index is 0.569. The topological polar surface area (TPSA) is 68.2 Å². The Kier molecular flexibility index (Phi) is 5.06. The maximum atomic E-state index is 5.06. The van der Waals surface area contributed by atoms with Crippen LogP contribution in [0.25, 0.3) is 28.2 Å². The predicted octanol–water partition coefficient (Wildman–Crippen LogP) is 4.96. The van der Waals surface area contributed by atoms with Gasteiger partial charge in [-0.25, -0.2) is 4.98 Å². The SMILES string of the molecule is Cc1ccn2cc(CNCc3ccc(-c4ccc(-c5noc(C)n5)cc4)cc3)nc2c1. The fraction of sp³-hybridized carbons (Fsp3) is 0.160. The van der Waals surface area contributed by atoms with Crippen LogP contribution < -0.4 is 5.32 Å². The van der Waals surface area contributed by atoms with Gasteiger partial charge in [-0.2, -0.15) is 4.98 Å². The van der Waals surface area contributed by atoms with Gasteiger partial charge in [-0.15, -0.1) is 0 Å². The zero-order valence-electron chi connectivity index (χ0n) is 17.5. The van der Waals surface area contributed by atoms with Crippen molar-refractivity contribution in [3.8, 4) is 22.5 Å². The van der Waals surface area contributed by atoms with E-state index in [1.807, 2.05) is 12.1 Å². The van der Waals surface area contributed by atoms with E-state index in [2.05, 4.69) is 92.7 Å². The molecule has 0 aliphatic carbocycles. The fourth-order valence-corrected chi connectivity index (χ4v) is 3.60. The quantitative estimate of drug-likeness (QED) is 0.429. The van der Waals surface area contributed by atoms with Crippen molar-refractivity contribution in [2.75, 3.05) is 0 Å². The number of hydrogen-bond donors (Lipinski definition) is 1. The molecule has 5 aromatic rings. The molecule has 0 amide bonds. The van der Waals surface area contributed by atoms with Gasteiger partial charge >= 0.3 is 0 Å². The summed E-state index contributed by atoms with van der Waals surface area (Å²) >= 11 is 0. The Hall–Kier alpha value is -3.77. The molecule has 0 aliphatic rings. The van der Waals surface area contributed by atoms with E-state index in [1.165, 1.54) is 16.7 Å². The van der Waals surface area contributed by atoms with Gasteiger partial charge in [0.1, 0.15) is 5.65 Å². The van der Waals surface area contributed by atoms with Crippen molar-refractivity contribution in [3.05, 3.63) is 95.8 Å². The van der Waals surface area contributed by atoms with E-state index in [0.29, 0.717) is 11.7 Å². The largest absolute Gasteiger partial charge is 0.339 e. The fourth-order valence-electron chi connectivity index (χ4n) is 3.60. The molecule has 0 spiro atoms. The first-order chi connectivity index (χ1) is 15.1. The Balaban J connectivity index is 1.20. The molecule has 6 nitrogen and oxygen atoms in total. The molecule has 0 fully saturated rings. The van der Waals surface area contributed by atoms with Gasteiger partial charge in [-0.3, -0.25) is 0 Å². The highest BCUT2D eigenvalue weighted by molar-refractivity contribution is 5.67. The smallest absolute Gasteiger partial charge is 0.223 e. The van der Waals surface area contributed by atoms with E-state index >= 15 is 0 Å². The van der Waals surface area contributed by atoms with Crippen LogP contribution in [0.5, 0.6) is 0 Å². The Morgan fingerprint density at radius 3 is 2.26 bits per heavy atom. The summed E-state index contributed by atoms with van der Waals surface area (Å²) in [6.45, 7) is 5.40. The molecule has 0 radical (unpaired) electrons. The third-order valence-corrected chi connectivity index (χ3v) is 5.26. The van der Waals surface area contributed by atoms with Gasteiger partial charge in [-0.05, 0) is 41.3 Å². The van der Waals surface area contributed by atoms with Crippen molar-refractivity contribution in [1.82, 2.24) is 24.8 Å². The van der Waals surface area contributed by atoms with Gasteiger partial charge in [0, 0.05) is 38.0 Å². The van der Waals surface area contributed by atoms with Crippen LogP contribution in [0.3, 0.4) is 0 Å². The second-order valence-electron chi connectivity index (χ2n) is 7.72. The van der Waals surface area contributed by atoms with Gasteiger partial charge in [0.25, 0.3) is 0 Å². The molecular weight excluding hydrogens is 386 g/mol. The van der Waals surface area contributed by atoms with Crippen LogP contribution in [0.15, 0.2) is 77.6 Å². The molecule has 6 heteroatoms. The summed E-state index contributed by atoms with van der Waals surface area (Å²) in [5, 5.41) is 7.45. The first-order valence-electron chi connectivity index (χ1n) is 10.3. The molecule has 0 saturated carbocycles. The van der Waals surface area contributed by atoms with Crippen LogP contribution in [-0.4, -0.2) is 19.5 Å². The molecule has 0 saturated heterocycles. The average molecular weight is 409 g/mol. The summed E-state index contributed by atoms with van der Waals surface area (Å²) in [5.41, 5.74) is 7.77. The first-order valence-corrected chi connectivity index (χ1v) is 10.3. The number of imidazole rings is 1. The van der Waals surface area contributed by atoms with Crippen LogP contribution in [0, 0.1) is 13.8 Å². The summed E-state index contributed by atoms with van der Waals surface area (Å²) in [4.78, 5) is 8.95. The molecular formula is C25H23N5O. The zero-order valence-corrected chi connectivity index (χ0v) is 17.5. The van der Waals surface area contributed by atoms with Crippen molar-refractivity contribution in [1.29, 1.82) is 0 Å². The van der Waals surface area contributed by atoms with Crippen molar-refractivity contribution in [3.63, 3.8) is 0 Å². The van der Waals surface area contributed by atoms with Crippen LogP contribution in [0.4, 0.5) is 0 Å². The van der Waals surface area contributed by atoms with E-state index in [9.17, 15) is 0 Å². The maximum Gasteiger partial charge on any atom is 0.223 e. The molecule has 0 atom stereocenters. The Bertz CT molecular complexity index is 1320. The molecule has 5 rings (SSSR count). The van der Waals surface area contributed by atoms with Crippen molar-refractivity contribution < 1.29 is 4.52 Å². The number of aromatic nitrogens is 4. The summed E-state index contributed by atoms with van der Waals surface area (Å²) in [7, 11) is 0. The summed E-state index contributed by atoms with van der Waals surface area (Å²) in [5.74, 6) is 1.19. The Morgan fingerprint density at radius 1 is 0.839 bits per heavy atom. The third-order valence-electron chi connectivity index (χ3n) is 5.26. The summed E-state index contributed by atoms with van der Waals surface area (Å²) < 4.78 is 7.11. The normalized spacial score (nSPS) is 11.3.